The van der Waals surface area contributed by atoms with Gasteiger partial charge in [-0.05, 0) is 38.1 Å². The van der Waals surface area contributed by atoms with Gasteiger partial charge in [0.15, 0.2) is 5.96 Å². The highest BCUT2D eigenvalue weighted by molar-refractivity contribution is 5.79. The summed E-state index contributed by atoms with van der Waals surface area (Å²) in [6.45, 7) is 5.11. The largest absolute Gasteiger partial charge is 0.383 e. The average Bonchev–Trinajstić information content (AvgIpc) is 3.15. The first-order valence-electron chi connectivity index (χ1n) is 7.51. The summed E-state index contributed by atoms with van der Waals surface area (Å²) in [6, 6.07) is 0.620. The van der Waals surface area contributed by atoms with Crippen LogP contribution in [0.15, 0.2) is 4.99 Å². The average molecular weight is 268 g/mol. The van der Waals surface area contributed by atoms with Gasteiger partial charge in [0.25, 0.3) is 0 Å². The molecule has 2 rings (SSSR count). The van der Waals surface area contributed by atoms with Crippen molar-refractivity contribution in [2.45, 2.75) is 31.7 Å². The van der Waals surface area contributed by atoms with Crippen molar-refractivity contribution in [1.82, 2.24) is 15.5 Å². The van der Waals surface area contributed by atoms with Crippen molar-refractivity contribution < 1.29 is 4.74 Å². The first-order chi connectivity index (χ1) is 9.33. The predicted octanol–water partition coefficient (Wildman–Crippen LogP) is 0.672. The van der Waals surface area contributed by atoms with Gasteiger partial charge in [-0.25, -0.2) is 0 Å². The Morgan fingerprint density at radius 1 is 1.26 bits per heavy atom. The lowest BCUT2D eigenvalue weighted by atomic mass is 10.2. The molecule has 0 aromatic carbocycles. The third kappa shape index (κ3) is 4.99. The molecule has 2 fully saturated rings. The maximum absolute atomic E-state index is 5.17. The minimum absolute atomic E-state index is 0.620. The Hall–Kier alpha value is -0.810. The highest BCUT2D eigenvalue weighted by Gasteiger charge is 2.24. The summed E-state index contributed by atoms with van der Waals surface area (Å²) >= 11 is 0. The molecular formula is C14H28N4O. The van der Waals surface area contributed by atoms with E-state index in [-0.39, 0.29) is 0 Å². The van der Waals surface area contributed by atoms with Crippen LogP contribution in [0.4, 0.5) is 0 Å². The molecule has 0 amide bonds. The number of guanidine groups is 1. The van der Waals surface area contributed by atoms with Crippen LogP contribution in [0.5, 0.6) is 0 Å². The van der Waals surface area contributed by atoms with Gasteiger partial charge in [-0.15, -0.1) is 0 Å². The number of ether oxygens (including phenoxy) is 1. The van der Waals surface area contributed by atoms with Gasteiger partial charge in [0, 0.05) is 39.8 Å². The fourth-order valence-corrected chi connectivity index (χ4v) is 2.63. The fraction of sp³-hybridized carbons (Fsp3) is 0.929. The van der Waals surface area contributed by atoms with Crippen molar-refractivity contribution in [2.24, 2.45) is 10.9 Å². The van der Waals surface area contributed by atoms with E-state index in [2.05, 4.69) is 20.5 Å². The molecule has 1 atom stereocenters. The highest BCUT2D eigenvalue weighted by atomic mass is 16.5. The van der Waals surface area contributed by atoms with Gasteiger partial charge in [-0.3, -0.25) is 9.89 Å². The number of hydrogen-bond donors (Lipinski definition) is 2. The lowest BCUT2D eigenvalue weighted by Crippen LogP contribution is -2.45. The molecular weight excluding hydrogens is 240 g/mol. The highest BCUT2D eigenvalue weighted by Crippen LogP contribution is 2.27. The van der Waals surface area contributed by atoms with Gasteiger partial charge in [-0.1, -0.05) is 0 Å². The smallest absolute Gasteiger partial charge is 0.191 e. The molecule has 0 aromatic heterocycles. The molecule has 1 saturated heterocycles. The zero-order valence-electron chi connectivity index (χ0n) is 12.3. The maximum atomic E-state index is 5.17. The Labute approximate surface area is 116 Å². The van der Waals surface area contributed by atoms with Gasteiger partial charge < -0.3 is 15.4 Å². The number of nitrogens with zero attached hydrogens (tertiary/aromatic N) is 2. The van der Waals surface area contributed by atoms with E-state index in [0.717, 1.165) is 38.1 Å². The van der Waals surface area contributed by atoms with Gasteiger partial charge in [0.05, 0.1) is 6.61 Å². The Morgan fingerprint density at radius 3 is 2.74 bits per heavy atom. The fourth-order valence-electron chi connectivity index (χ4n) is 2.63. The molecule has 1 unspecified atom stereocenters. The van der Waals surface area contributed by atoms with E-state index in [4.69, 9.17) is 4.74 Å². The van der Waals surface area contributed by atoms with Crippen molar-refractivity contribution in [2.75, 3.05) is 46.9 Å². The van der Waals surface area contributed by atoms with Crippen LogP contribution in [-0.4, -0.2) is 63.8 Å². The monoisotopic (exact) mass is 268 g/mol. The third-order valence-electron chi connectivity index (χ3n) is 4.07. The number of methoxy groups -OCH3 is 1. The maximum Gasteiger partial charge on any atom is 0.191 e. The van der Waals surface area contributed by atoms with Gasteiger partial charge >= 0.3 is 0 Å². The summed E-state index contributed by atoms with van der Waals surface area (Å²) in [4.78, 5) is 6.81. The molecule has 5 nitrogen and oxygen atoms in total. The summed E-state index contributed by atoms with van der Waals surface area (Å²) in [5, 5.41) is 6.87. The number of aliphatic imine (C=N–C) groups is 1. The molecule has 1 aliphatic carbocycles. The number of hydrogen-bond acceptors (Lipinski definition) is 3. The van der Waals surface area contributed by atoms with Gasteiger partial charge in [-0.2, -0.15) is 0 Å². The normalized spacial score (nSPS) is 24.7. The summed E-state index contributed by atoms with van der Waals surface area (Å²) in [5.74, 6) is 1.83. The summed E-state index contributed by atoms with van der Waals surface area (Å²) in [5.41, 5.74) is 0. The van der Waals surface area contributed by atoms with Crippen molar-refractivity contribution in [3.8, 4) is 0 Å². The minimum Gasteiger partial charge on any atom is -0.383 e. The molecule has 2 aliphatic rings. The van der Waals surface area contributed by atoms with Crippen molar-refractivity contribution in [1.29, 1.82) is 0 Å². The second-order valence-corrected chi connectivity index (χ2v) is 5.60. The molecule has 110 valence electrons. The molecule has 2 N–H and O–H groups in total. The topological polar surface area (TPSA) is 48.9 Å². The number of rotatable bonds is 7. The molecule has 1 saturated carbocycles. The van der Waals surface area contributed by atoms with Crippen LogP contribution in [0, 0.1) is 5.92 Å². The zero-order valence-corrected chi connectivity index (χ0v) is 12.3. The Bertz CT molecular complexity index is 291. The summed E-state index contributed by atoms with van der Waals surface area (Å²) < 4.78 is 5.17. The zero-order chi connectivity index (χ0) is 13.5. The Kier molecular flexibility index (Phi) is 5.92. The van der Waals surface area contributed by atoms with Crippen LogP contribution >= 0.6 is 0 Å². The first kappa shape index (κ1) is 14.6. The molecule has 19 heavy (non-hydrogen) atoms. The van der Waals surface area contributed by atoms with E-state index in [1.807, 2.05) is 7.05 Å². The van der Waals surface area contributed by atoms with Gasteiger partial charge in [0.1, 0.15) is 0 Å². The lowest BCUT2D eigenvalue weighted by molar-refractivity contribution is 0.141. The Morgan fingerprint density at radius 2 is 2.05 bits per heavy atom. The standard InChI is InChI=1S/C14H28N4O/c1-15-14(16-10-12-5-6-12)17-11-13-4-3-7-18(13)8-9-19-2/h12-13H,3-11H2,1-2H3,(H2,15,16,17). The second kappa shape index (κ2) is 7.70. The van der Waals surface area contributed by atoms with E-state index in [9.17, 15) is 0 Å². The molecule has 1 aliphatic heterocycles. The first-order valence-corrected chi connectivity index (χ1v) is 7.51. The van der Waals surface area contributed by atoms with E-state index < -0.39 is 0 Å². The lowest BCUT2D eigenvalue weighted by Gasteiger charge is -2.25. The van der Waals surface area contributed by atoms with Crippen molar-refractivity contribution in [3.63, 3.8) is 0 Å². The van der Waals surface area contributed by atoms with Crippen LogP contribution in [0.3, 0.4) is 0 Å². The number of nitrogens with one attached hydrogen (secondary N) is 2. The van der Waals surface area contributed by atoms with E-state index in [0.29, 0.717) is 6.04 Å². The second-order valence-electron chi connectivity index (χ2n) is 5.60. The summed E-state index contributed by atoms with van der Waals surface area (Å²) in [6.07, 6.45) is 5.31. The molecule has 0 radical (unpaired) electrons. The minimum atomic E-state index is 0.620. The molecule has 5 heteroatoms. The van der Waals surface area contributed by atoms with E-state index >= 15 is 0 Å². The van der Waals surface area contributed by atoms with Crippen LogP contribution < -0.4 is 10.6 Å². The quantitative estimate of drug-likeness (QED) is 0.526. The summed E-state index contributed by atoms with van der Waals surface area (Å²) in [7, 11) is 3.62. The van der Waals surface area contributed by atoms with Crippen LogP contribution in [0.25, 0.3) is 0 Å². The van der Waals surface area contributed by atoms with Gasteiger partial charge in [0.2, 0.25) is 0 Å². The van der Waals surface area contributed by atoms with Crippen LogP contribution in [0.2, 0.25) is 0 Å². The van der Waals surface area contributed by atoms with E-state index in [1.165, 1.54) is 32.2 Å². The Balaban J connectivity index is 1.66. The van der Waals surface area contributed by atoms with Crippen molar-refractivity contribution >= 4 is 5.96 Å². The predicted molar refractivity (Wildman–Crippen MR) is 78.6 cm³/mol. The number of likely N-dealkylation sites (tertiary alicyclic amines) is 1. The van der Waals surface area contributed by atoms with Crippen LogP contribution in [0.1, 0.15) is 25.7 Å². The molecule has 0 spiro atoms. The van der Waals surface area contributed by atoms with E-state index in [1.54, 1.807) is 7.11 Å². The SMILES string of the molecule is CN=C(NCC1CC1)NCC1CCCN1CCOC. The molecule has 0 aromatic rings. The van der Waals surface area contributed by atoms with Crippen molar-refractivity contribution in [3.05, 3.63) is 0 Å². The molecule has 1 heterocycles. The molecule has 0 bridgehead atoms. The third-order valence-corrected chi connectivity index (χ3v) is 4.07. The van der Waals surface area contributed by atoms with Crippen LogP contribution in [-0.2, 0) is 4.74 Å².